The molecule has 0 aliphatic rings. The highest BCUT2D eigenvalue weighted by atomic mass is 16.5. The van der Waals surface area contributed by atoms with Gasteiger partial charge in [-0.2, -0.15) is 5.26 Å². The van der Waals surface area contributed by atoms with Gasteiger partial charge in [-0.1, -0.05) is 6.92 Å². The normalized spacial score (nSPS) is 9.62. The molecule has 0 radical (unpaired) electrons. The van der Waals surface area contributed by atoms with Crippen LogP contribution in [-0.2, 0) is 17.7 Å². The van der Waals surface area contributed by atoms with Crippen LogP contribution in [0.2, 0.25) is 0 Å². The number of hydrogen-bond acceptors (Lipinski definition) is 4. The molecule has 0 aliphatic heterocycles. The van der Waals surface area contributed by atoms with Crippen molar-refractivity contribution in [3.8, 4) is 6.07 Å². The minimum Gasteiger partial charge on any atom is -0.465 e. The van der Waals surface area contributed by atoms with Crippen LogP contribution in [0.15, 0.2) is 12.1 Å². The van der Waals surface area contributed by atoms with Gasteiger partial charge in [0.2, 0.25) is 0 Å². The highest BCUT2D eigenvalue weighted by molar-refractivity contribution is 5.90. The second kappa shape index (κ2) is 5.29. The average molecular weight is 218 g/mol. The highest BCUT2D eigenvalue weighted by Gasteiger charge is 2.13. The van der Waals surface area contributed by atoms with E-state index in [9.17, 15) is 4.79 Å². The second-order valence-corrected chi connectivity index (χ2v) is 3.33. The monoisotopic (exact) mass is 218 g/mol. The third kappa shape index (κ3) is 2.20. The van der Waals surface area contributed by atoms with E-state index in [0.717, 1.165) is 5.56 Å². The molecule has 1 aromatic carbocycles. The first-order chi connectivity index (χ1) is 7.67. The van der Waals surface area contributed by atoms with E-state index in [1.165, 1.54) is 7.11 Å². The van der Waals surface area contributed by atoms with Crippen LogP contribution in [-0.4, -0.2) is 13.1 Å². The zero-order chi connectivity index (χ0) is 12.1. The maximum atomic E-state index is 11.4. The molecule has 0 heterocycles. The average Bonchev–Trinajstić information content (AvgIpc) is 2.35. The minimum absolute atomic E-state index is 0.237. The van der Waals surface area contributed by atoms with Crippen molar-refractivity contribution in [1.82, 2.24) is 0 Å². The molecule has 2 N–H and O–H groups in total. The van der Waals surface area contributed by atoms with E-state index in [1.54, 1.807) is 12.1 Å². The molecule has 4 nitrogen and oxygen atoms in total. The van der Waals surface area contributed by atoms with Gasteiger partial charge in [-0.3, -0.25) is 0 Å². The fourth-order valence-electron chi connectivity index (χ4n) is 1.59. The van der Waals surface area contributed by atoms with Crippen LogP contribution >= 0.6 is 0 Å². The summed E-state index contributed by atoms with van der Waals surface area (Å²) in [6, 6.07) is 5.42. The summed E-state index contributed by atoms with van der Waals surface area (Å²) in [5, 5.41) is 9.03. The molecule has 1 aromatic rings. The highest BCUT2D eigenvalue weighted by Crippen LogP contribution is 2.18. The van der Waals surface area contributed by atoms with Crippen molar-refractivity contribution >= 4 is 5.97 Å². The Bertz CT molecular complexity index is 422. The summed E-state index contributed by atoms with van der Waals surface area (Å²) in [6.45, 7) is 2.16. The number of methoxy groups -OCH3 is 1. The van der Waals surface area contributed by atoms with Gasteiger partial charge in [0, 0.05) is 6.54 Å². The van der Waals surface area contributed by atoms with E-state index in [-0.39, 0.29) is 6.54 Å². The molecular formula is C12H14N2O2. The molecular weight excluding hydrogens is 204 g/mol. The molecule has 16 heavy (non-hydrogen) atoms. The van der Waals surface area contributed by atoms with E-state index >= 15 is 0 Å². The van der Waals surface area contributed by atoms with Crippen LogP contribution in [0.25, 0.3) is 0 Å². The predicted molar refractivity (Wildman–Crippen MR) is 59.8 cm³/mol. The Morgan fingerprint density at radius 1 is 1.50 bits per heavy atom. The molecule has 84 valence electrons. The van der Waals surface area contributed by atoms with Crippen molar-refractivity contribution in [1.29, 1.82) is 5.26 Å². The Labute approximate surface area is 94.6 Å². The fourth-order valence-corrected chi connectivity index (χ4v) is 1.59. The van der Waals surface area contributed by atoms with Crippen molar-refractivity contribution in [3.05, 3.63) is 34.4 Å². The smallest absolute Gasteiger partial charge is 0.337 e. The lowest BCUT2D eigenvalue weighted by molar-refractivity contribution is 0.0600. The van der Waals surface area contributed by atoms with Gasteiger partial charge >= 0.3 is 5.97 Å². The third-order valence-corrected chi connectivity index (χ3v) is 2.44. The van der Waals surface area contributed by atoms with Crippen molar-refractivity contribution in [3.63, 3.8) is 0 Å². The van der Waals surface area contributed by atoms with Gasteiger partial charge in [0.25, 0.3) is 0 Å². The number of nitrogens with zero attached hydrogens (tertiary/aromatic N) is 1. The van der Waals surface area contributed by atoms with Gasteiger partial charge in [0.1, 0.15) is 0 Å². The lowest BCUT2D eigenvalue weighted by atomic mass is 9.97. The molecule has 0 unspecified atom stereocenters. The van der Waals surface area contributed by atoms with Gasteiger partial charge in [0.15, 0.2) is 0 Å². The van der Waals surface area contributed by atoms with Crippen molar-refractivity contribution in [2.45, 2.75) is 19.9 Å². The van der Waals surface area contributed by atoms with Crippen LogP contribution in [0.5, 0.6) is 0 Å². The van der Waals surface area contributed by atoms with Crippen molar-refractivity contribution < 1.29 is 9.53 Å². The number of benzene rings is 1. The first kappa shape index (κ1) is 12.2. The Balaban J connectivity index is 3.38. The maximum absolute atomic E-state index is 11.4. The molecule has 0 fully saturated rings. The first-order valence-corrected chi connectivity index (χ1v) is 5.02. The Morgan fingerprint density at radius 2 is 2.12 bits per heavy atom. The topological polar surface area (TPSA) is 76.1 Å². The van der Waals surface area contributed by atoms with Gasteiger partial charge < -0.3 is 10.5 Å². The lowest BCUT2D eigenvalue weighted by Gasteiger charge is -2.09. The van der Waals surface area contributed by atoms with E-state index in [2.05, 4.69) is 10.8 Å². The number of esters is 1. The molecule has 1 rings (SSSR count). The number of aryl methyl sites for hydroxylation is 1. The van der Waals surface area contributed by atoms with Crippen molar-refractivity contribution in [2.75, 3.05) is 7.11 Å². The molecule has 0 bridgehead atoms. The number of rotatable bonds is 3. The number of ether oxygens (including phenoxy) is 1. The number of nitrogens with two attached hydrogens (primary N) is 1. The zero-order valence-corrected chi connectivity index (χ0v) is 9.41. The lowest BCUT2D eigenvalue weighted by Crippen LogP contribution is -2.08. The fraction of sp³-hybridized carbons (Fsp3) is 0.333. The molecule has 0 atom stereocenters. The van der Waals surface area contributed by atoms with Crippen molar-refractivity contribution in [2.24, 2.45) is 5.73 Å². The summed E-state index contributed by atoms with van der Waals surface area (Å²) in [7, 11) is 1.33. The molecule has 0 saturated carbocycles. The van der Waals surface area contributed by atoms with E-state index in [4.69, 9.17) is 11.0 Å². The SMILES string of the molecule is CCc1cc(C(=O)OC)cc(CN)c1C#N. The Hall–Kier alpha value is -1.86. The molecule has 4 heteroatoms. The Kier molecular flexibility index (Phi) is 4.03. The molecule has 0 amide bonds. The van der Waals surface area contributed by atoms with Crippen LogP contribution in [0.4, 0.5) is 0 Å². The van der Waals surface area contributed by atoms with Crippen LogP contribution in [0, 0.1) is 11.3 Å². The predicted octanol–water partition coefficient (Wildman–Crippen LogP) is 1.37. The summed E-state index contributed by atoms with van der Waals surface area (Å²) in [5.74, 6) is -0.408. The first-order valence-electron chi connectivity index (χ1n) is 5.02. The zero-order valence-electron chi connectivity index (χ0n) is 9.41. The quantitative estimate of drug-likeness (QED) is 0.777. The molecule has 0 saturated heterocycles. The van der Waals surface area contributed by atoms with E-state index < -0.39 is 5.97 Å². The minimum atomic E-state index is -0.408. The van der Waals surface area contributed by atoms with Crippen LogP contribution in [0.3, 0.4) is 0 Å². The molecule has 0 aliphatic carbocycles. The summed E-state index contributed by atoms with van der Waals surface area (Å²) >= 11 is 0. The standard InChI is InChI=1S/C12H14N2O2/c1-3-8-4-9(12(15)16-2)5-10(6-13)11(8)7-14/h4-5H,3,6,13H2,1-2H3. The van der Waals surface area contributed by atoms with Gasteiger partial charge in [0.05, 0.1) is 24.3 Å². The molecule has 0 aromatic heterocycles. The maximum Gasteiger partial charge on any atom is 0.337 e. The number of nitriles is 1. The summed E-state index contributed by atoms with van der Waals surface area (Å²) < 4.78 is 4.65. The van der Waals surface area contributed by atoms with Gasteiger partial charge in [-0.15, -0.1) is 0 Å². The Morgan fingerprint density at radius 3 is 2.56 bits per heavy atom. The van der Waals surface area contributed by atoms with Crippen LogP contribution in [0.1, 0.15) is 34.0 Å². The largest absolute Gasteiger partial charge is 0.465 e. The van der Waals surface area contributed by atoms with Gasteiger partial charge in [-0.25, -0.2) is 4.79 Å². The number of hydrogen-bond donors (Lipinski definition) is 1. The van der Waals surface area contributed by atoms with Crippen LogP contribution < -0.4 is 5.73 Å². The number of carbonyl (C=O) groups is 1. The summed E-state index contributed by atoms with van der Waals surface area (Å²) in [5.41, 5.74) is 8.08. The molecule has 0 spiro atoms. The van der Waals surface area contributed by atoms with Gasteiger partial charge in [-0.05, 0) is 29.7 Å². The number of carbonyl (C=O) groups excluding carboxylic acids is 1. The third-order valence-electron chi connectivity index (χ3n) is 2.44. The van der Waals surface area contributed by atoms with E-state index in [0.29, 0.717) is 23.1 Å². The van der Waals surface area contributed by atoms with E-state index in [1.807, 2.05) is 6.92 Å². The summed E-state index contributed by atoms with van der Waals surface area (Å²) in [6.07, 6.45) is 0.681. The second-order valence-electron chi connectivity index (χ2n) is 3.33. The summed E-state index contributed by atoms with van der Waals surface area (Å²) in [4.78, 5) is 11.4.